The standard InChI is InChI=1S/C20H26ClN3O/c1-20(2)13-17(12-18(14-20)24-10-4-3-5-11-24)22-23-19(25)15-6-8-16(21)9-7-15/h6-9,12H,3-5,10-11,13-14H2,1-2H3,(H,23,25)/b22-17-. The zero-order valence-corrected chi connectivity index (χ0v) is 15.8. The first kappa shape index (κ1) is 18.0. The maximum Gasteiger partial charge on any atom is 0.271 e. The van der Waals surface area contributed by atoms with Crippen LogP contribution in [0.25, 0.3) is 0 Å². The van der Waals surface area contributed by atoms with Gasteiger partial charge in [0, 0.05) is 29.4 Å². The monoisotopic (exact) mass is 359 g/mol. The molecule has 1 aliphatic carbocycles. The first-order chi connectivity index (χ1) is 11.9. The lowest BCUT2D eigenvalue weighted by Gasteiger charge is -2.38. The minimum atomic E-state index is -0.208. The fourth-order valence-electron chi connectivity index (χ4n) is 3.58. The number of nitrogens with zero attached hydrogens (tertiary/aromatic N) is 2. The zero-order valence-electron chi connectivity index (χ0n) is 15.0. The molecule has 134 valence electrons. The molecule has 1 aliphatic heterocycles. The van der Waals surface area contributed by atoms with Gasteiger partial charge in [0.15, 0.2) is 0 Å². The average molecular weight is 360 g/mol. The SMILES string of the molecule is CC1(C)CC(N2CCCCC2)=C/C(=N/NC(=O)c2ccc(Cl)cc2)C1. The van der Waals surface area contributed by atoms with Crippen molar-refractivity contribution in [3.05, 3.63) is 46.6 Å². The number of allylic oxidation sites excluding steroid dienone is 2. The molecule has 3 rings (SSSR count). The lowest BCUT2D eigenvalue weighted by molar-refractivity contribution is 0.0954. The molecule has 2 aliphatic rings. The van der Waals surface area contributed by atoms with E-state index in [-0.39, 0.29) is 11.3 Å². The Bertz CT molecular complexity index is 685. The van der Waals surface area contributed by atoms with Crippen LogP contribution in [-0.2, 0) is 0 Å². The van der Waals surface area contributed by atoms with Crippen LogP contribution in [0, 0.1) is 5.41 Å². The molecule has 1 aromatic rings. The van der Waals surface area contributed by atoms with Crippen LogP contribution in [-0.4, -0.2) is 29.6 Å². The molecule has 1 saturated heterocycles. The highest BCUT2D eigenvalue weighted by molar-refractivity contribution is 6.30. The highest BCUT2D eigenvalue weighted by atomic mass is 35.5. The molecule has 0 radical (unpaired) electrons. The summed E-state index contributed by atoms with van der Waals surface area (Å²) in [6.07, 6.45) is 7.95. The Balaban J connectivity index is 1.73. The summed E-state index contributed by atoms with van der Waals surface area (Å²) in [5.41, 5.74) is 5.71. The van der Waals surface area contributed by atoms with Crippen molar-refractivity contribution < 1.29 is 4.79 Å². The van der Waals surface area contributed by atoms with Crippen LogP contribution in [0.4, 0.5) is 0 Å². The van der Waals surface area contributed by atoms with Crippen LogP contribution in [0.2, 0.25) is 5.02 Å². The quantitative estimate of drug-likeness (QED) is 0.800. The Kier molecular flexibility index (Phi) is 5.48. The van der Waals surface area contributed by atoms with E-state index in [0.29, 0.717) is 10.6 Å². The lowest BCUT2D eigenvalue weighted by atomic mass is 9.78. The molecule has 5 heteroatoms. The van der Waals surface area contributed by atoms with Gasteiger partial charge in [0.1, 0.15) is 0 Å². The molecule has 1 aromatic carbocycles. The van der Waals surface area contributed by atoms with E-state index in [0.717, 1.165) is 31.6 Å². The topological polar surface area (TPSA) is 44.7 Å². The van der Waals surface area contributed by atoms with Gasteiger partial charge in [-0.1, -0.05) is 25.4 Å². The minimum Gasteiger partial charge on any atom is -0.375 e. The van der Waals surface area contributed by atoms with E-state index in [1.807, 2.05) is 0 Å². The second-order valence-corrected chi connectivity index (χ2v) is 8.19. The van der Waals surface area contributed by atoms with Crippen molar-refractivity contribution in [2.24, 2.45) is 10.5 Å². The van der Waals surface area contributed by atoms with E-state index in [4.69, 9.17) is 11.6 Å². The molecule has 0 spiro atoms. The minimum absolute atomic E-state index is 0.158. The Labute approximate surface area is 154 Å². The van der Waals surface area contributed by atoms with Crippen LogP contribution in [0.5, 0.6) is 0 Å². The molecular weight excluding hydrogens is 334 g/mol. The first-order valence-corrected chi connectivity index (χ1v) is 9.39. The first-order valence-electron chi connectivity index (χ1n) is 9.01. The van der Waals surface area contributed by atoms with Gasteiger partial charge in [-0.05, 0) is 67.9 Å². The van der Waals surface area contributed by atoms with E-state index in [2.05, 4.69) is 35.4 Å². The zero-order chi connectivity index (χ0) is 17.9. The van der Waals surface area contributed by atoms with Gasteiger partial charge in [0.25, 0.3) is 5.91 Å². The van der Waals surface area contributed by atoms with Gasteiger partial charge in [-0.2, -0.15) is 5.10 Å². The lowest BCUT2D eigenvalue weighted by Crippen LogP contribution is -2.35. The summed E-state index contributed by atoms with van der Waals surface area (Å²) in [5.74, 6) is -0.208. The van der Waals surface area contributed by atoms with Crippen LogP contribution in [0.3, 0.4) is 0 Å². The number of amides is 1. The molecule has 1 amide bonds. The second kappa shape index (κ2) is 7.61. The Morgan fingerprint density at radius 1 is 1.12 bits per heavy atom. The van der Waals surface area contributed by atoms with E-state index >= 15 is 0 Å². The molecule has 1 heterocycles. The van der Waals surface area contributed by atoms with E-state index < -0.39 is 0 Å². The number of carbonyl (C=O) groups is 1. The van der Waals surface area contributed by atoms with E-state index in [9.17, 15) is 4.79 Å². The van der Waals surface area contributed by atoms with Crippen LogP contribution < -0.4 is 5.43 Å². The summed E-state index contributed by atoms with van der Waals surface area (Å²) in [7, 11) is 0. The fraction of sp³-hybridized carbons (Fsp3) is 0.500. The summed E-state index contributed by atoms with van der Waals surface area (Å²) in [5, 5.41) is 5.02. The molecule has 0 atom stereocenters. The summed E-state index contributed by atoms with van der Waals surface area (Å²) in [4.78, 5) is 14.7. The van der Waals surface area contributed by atoms with Gasteiger partial charge in [0.05, 0.1) is 5.71 Å². The number of rotatable bonds is 3. The van der Waals surface area contributed by atoms with Crippen LogP contribution in [0.15, 0.2) is 41.1 Å². The van der Waals surface area contributed by atoms with Gasteiger partial charge in [-0.25, -0.2) is 5.43 Å². The smallest absolute Gasteiger partial charge is 0.271 e. The molecule has 1 N–H and O–H groups in total. The molecule has 0 aromatic heterocycles. The summed E-state index contributed by atoms with van der Waals surface area (Å²) < 4.78 is 0. The van der Waals surface area contributed by atoms with E-state index in [1.54, 1.807) is 24.3 Å². The van der Waals surface area contributed by atoms with Crippen molar-refractivity contribution in [3.63, 3.8) is 0 Å². The Morgan fingerprint density at radius 2 is 1.80 bits per heavy atom. The molecule has 0 bridgehead atoms. The normalized spacial score (nSPS) is 21.8. The van der Waals surface area contributed by atoms with Crippen LogP contribution in [0.1, 0.15) is 56.3 Å². The van der Waals surface area contributed by atoms with Crippen molar-refractivity contribution in [1.82, 2.24) is 10.3 Å². The van der Waals surface area contributed by atoms with E-state index in [1.165, 1.54) is 25.0 Å². The number of piperidine rings is 1. The largest absolute Gasteiger partial charge is 0.375 e. The Hall–Kier alpha value is -1.81. The molecule has 0 unspecified atom stereocenters. The van der Waals surface area contributed by atoms with Gasteiger partial charge < -0.3 is 4.90 Å². The molecule has 0 saturated carbocycles. The van der Waals surface area contributed by atoms with Crippen molar-refractivity contribution in [2.45, 2.75) is 46.0 Å². The van der Waals surface area contributed by atoms with Gasteiger partial charge >= 0.3 is 0 Å². The van der Waals surface area contributed by atoms with Crippen LogP contribution >= 0.6 is 11.6 Å². The third-order valence-corrected chi connectivity index (χ3v) is 5.07. The second-order valence-electron chi connectivity index (χ2n) is 7.75. The average Bonchev–Trinajstić information content (AvgIpc) is 2.60. The van der Waals surface area contributed by atoms with Crippen molar-refractivity contribution in [2.75, 3.05) is 13.1 Å². The maximum atomic E-state index is 12.3. The predicted molar refractivity (Wildman–Crippen MR) is 103 cm³/mol. The van der Waals surface area contributed by atoms with Crippen molar-refractivity contribution in [1.29, 1.82) is 0 Å². The molecule has 4 nitrogen and oxygen atoms in total. The number of hydrogen-bond donors (Lipinski definition) is 1. The fourth-order valence-corrected chi connectivity index (χ4v) is 3.71. The summed E-state index contributed by atoms with van der Waals surface area (Å²) in [6, 6.07) is 6.83. The molecule has 1 fully saturated rings. The summed E-state index contributed by atoms with van der Waals surface area (Å²) >= 11 is 5.86. The molecule has 25 heavy (non-hydrogen) atoms. The third kappa shape index (κ3) is 4.85. The molecular formula is C20H26ClN3O. The van der Waals surface area contributed by atoms with Gasteiger partial charge in [-0.15, -0.1) is 0 Å². The van der Waals surface area contributed by atoms with Crippen molar-refractivity contribution in [3.8, 4) is 0 Å². The number of halogens is 1. The number of hydrogen-bond acceptors (Lipinski definition) is 3. The highest BCUT2D eigenvalue weighted by Gasteiger charge is 2.29. The third-order valence-electron chi connectivity index (χ3n) is 4.82. The van der Waals surface area contributed by atoms with Gasteiger partial charge in [0.2, 0.25) is 0 Å². The highest BCUT2D eigenvalue weighted by Crippen LogP contribution is 2.36. The predicted octanol–water partition coefficient (Wildman–Crippen LogP) is 4.62. The van der Waals surface area contributed by atoms with Crippen molar-refractivity contribution >= 4 is 23.2 Å². The maximum absolute atomic E-state index is 12.3. The summed E-state index contributed by atoms with van der Waals surface area (Å²) in [6.45, 7) is 6.79. The van der Waals surface area contributed by atoms with Gasteiger partial charge in [-0.3, -0.25) is 4.79 Å². The number of benzene rings is 1. The number of nitrogens with one attached hydrogen (secondary N) is 1. The Morgan fingerprint density at radius 3 is 2.48 bits per heavy atom. The number of likely N-dealkylation sites (tertiary alicyclic amines) is 1. The number of carbonyl (C=O) groups excluding carboxylic acids is 1. The number of hydrazone groups is 1.